The second kappa shape index (κ2) is 10.9. The standard InChI is InChI=1S/C32H36FN5O5/c1-5-14-37-24-11-10-22(38-25-8-6-7-9-26(25)42-19-28(38)40)17-23(24)32(30(37)41)20(2)29(31(3,4)33)27(43-32)12-15-36-18-21(13-16-39)34-35-36/h5-11,17-18,20,27,29,39H,1,12-16,19H2,2-4H3/t20-,27+,29-,32+/m1/s1. The molecule has 1 aromatic heterocycles. The zero-order chi connectivity index (χ0) is 30.5. The Morgan fingerprint density at radius 3 is 2.74 bits per heavy atom. The number of carbonyl (C=O) groups is 2. The number of benzene rings is 2. The molecule has 3 aromatic rings. The average Bonchev–Trinajstić information content (AvgIpc) is 3.62. The predicted octanol–water partition coefficient (Wildman–Crippen LogP) is 4.09. The van der Waals surface area contributed by atoms with Gasteiger partial charge in [-0.3, -0.25) is 19.2 Å². The third kappa shape index (κ3) is 4.71. The summed E-state index contributed by atoms with van der Waals surface area (Å²) in [7, 11) is 0. The van der Waals surface area contributed by atoms with Crippen LogP contribution in [0.4, 0.5) is 21.5 Å². The number of hydrogen-bond donors (Lipinski definition) is 1. The lowest BCUT2D eigenvalue weighted by Crippen LogP contribution is -2.45. The highest BCUT2D eigenvalue weighted by atomic mass is 19.1. The zero-order valence-corrected chi connectivity index (χ0v) is 24.6. The molecule has 3 aliphatic rings. The first-order valence-electron chi connectivity index (χ1n) is 14.6. The Hall–Kier alpha value is -4.09. The van der Waals surface area contributed by atoms with Crippen LogP contribution in [0.5, 0.6) is 5.75 Å². The molecule has 0 saturated carbocycles. The predicted molar refractivity (Wildman–Crippen MR) is 158 cm³/mol. The number of aliphatic hydroxyl groups excluding tert-OH is 1. The Morgan fingerprint density at radius 2 is 2.00 bits per heavy atom. The van der Waals surface area contributed by atoms with Gasteiger partial charge >= 0.3 is 0 Å². The van der Waals surface area contributed by atoms with Gasteiger partial charge < -0.3 is 19.5 Å². The van der Waals surface area contributed by atoms with E-state index in [4.69, 9.17) is 9.47 Å². The quantitative estimate of drug-likeness (QED) is 0.375. The molecule has 6 rings (SSSR count). The van der Waals surface area contributed by atoms with Crippen LogP contribution in [-0.2, 0) is 32.9 Å². The van der Waals surface area contributed by atoms with Gasteiger partial charge in [-0.15, -0.1) is 11.7 Å². The number of nitrogens with zero attached hydrogens (tertiary/aromatic N) is 5. The Labute approximate surface area is 249 Å². The van der Waals surface area contributed by atoms with E-state index in [9.17, 15) is 14.7 Å². The Kier molecular flexibility index (Phi) is 7.34. The number of para-hydroxylation sites is 2. The van der Waals surface area contributed by atoms with Crippen LogP contribution in [0.25, 0.3) is 0 Å². The molecule has 10 nitrogen and oxygen atoms in total. The molecule has 1 N–H and O–H groups in total. The molecule has 0 radical (unpaired) electrons. The van der Waals surface area contributed by atoms with E-state index in [0.717, 1.165) is 0 Å². The number of rotatable bonds is 9. The molecule has 1 spiro atoms. The number of amides is 2. The third-order valence-electron chi connectivity index (χ3n) is 8.82. The minimum absolute atomic E-state index is 0.0328. The monoisotopic (exact) mass is 589 g/mol. The SMILES string of the molecule is C=CCN1C(=O)[C@@]2(O[C@@H](CCn3cc(CCO)nn3)[C@H](C(C)(C)F)[C@H]2C)c2cc(N3C(=O)COc4ccccc43)ccc21. The summed E-state index contributed by atoms with van der Waals surface area (Å²) in [4.78, 5) is 30.8. The van der Waals surface area contributed by atoms with E-state index in [1.165, 1.54) is 13.8 Å². The van der Waals surface area contributed by atoms with Gasteiger partial charge in [0.2, 0.25) is 0 Å². The number of ether oxygens (including phenoxy) is 2. The average molecular weight is 590 g/mol. The first kappa shape index (κ1) is 29.0. The van der Waals surface area contributed by atoms with Crippen LogP contribution in [0.2, 0.25) is 0 Å². The number of hydrogen-bond acceptors (Lipinski definition) is 7. The molecule has 1 fully saturated rings. The second-order valence-corrected chi connectivity index (χ2v) is 11.9. The van der Waals surface area contributed by atoms with Crippen molar-refractivity contribution in [2.24, 2.45) is 11.8 Å². The van der Waals surface area contributed by atoms with Gasteiger partial charge in [-0.2, -0.15) is 0 Å². The van der Waals surface area contributed by atoms with Crippen molar-refractivity contribution in [1.29, 1.82) is 0 Å². The van der Waals surface area contributed by atoms with Crippen LogP contribution in [0.1, 0.15) is 38.4 Å². The largest absolute Gasteiger partial charge is 0.482 e. The fourth-order valence-corrected chi connectivity index (χ4v) is 7.08. The van der Waals surface area contributed by atoms with Gasteiger partial charge in [-0.25, -0.2) is 4.39 Å². The summed E-state index contributed by atoms with van der Waals surface area (Å²) in [5, 5.41) is 17.4. The molecule has 0 aliphatic carbocycles. The fourth-order valence-electron chi connectivity index (χ4n) is 7.08. The molecule has 4 atom stereocenters. The molecular weight excluding hydrogens is 553 g/mol. The van der Waals surface area contributed by atoms with Crippen LogP contribution in [0.3, 0.4) is 0 Å². The van der Waals surface area contributed by atoms with Crippen molar-refractivity contribution in [2.75, 3.05) is 29.6 Å². The molecule has 0 bridgehead atoms. The molecule has 0 unspecified atom stereocenters. The van der Waals surface area contributed by atoms with E-state index in [1.54, 1.807) is 26.8 Å². The summed E-state index contributed by atoms with van der Waals surface area (Å²) in [6, 6.07) is 12.8. The number of alkyl halides is 1. The van der Waals surface area contributed by atoms with Crippen molar-refractivity contribution in [3.63, 3.8) is 0 Å². The van der Waals surface area contributed by atoms with E-state index >= 15 is 4.39 Å². The maximum absolute atomic E-state index is 16.0. The molecule has 11 heteroatoms. The third-order valence-corrected chi connectivity index (χ3v) is 8.82. The molecule has 4 heterocycles. The number of aliphatic hydroxyl groups is 1. The van der Waals surface area contributed by atoms with E-state index in [2.05, 4.69) is 16.9 Å². The van der Waals surface area contributed by atoms with Gasteiger partial charge in [-0.1, -0.05) is 30.3 Å². The molecule has 43 heavy (non-hydrogen) atoms. The first-order valence-corrected chi connectivity index (χ1v) is 14.6. The lowest BCUT2D eigenvalue weighted by molar-refractivity contribution is -0.146. The van der Waals surface area contributed by atoms with Crippen LogP contribution in [-0.4, -0.2) is 63.4 Å². The van der Waals surface area contributed by atoms with Crippen LogP contribution < -0.4 is 14.5 Å². The number of aromatic nitrogens is 3. The van der Waals surface area contributed by atoms with Crippen LogP contribution in [0, 0.1) is 11.8 Å². The minimum atomic E-state index is -1.67. The molecule has 2 amide bonds. The summed E-state index contributed by atoms with van der Waals surface area (Å²) < 4.78 is 30.1. The molecule has 226 valence electrons. The van der Waals surface area contributed by atoms with Gasteiger partial charge in [-0.05, 0) is 50.6 Å². The first-order chi connectivity index (χ1) is 20.6. The van der Waals surface area contributed by atoms with Crippen molar-refractivity contribution >= 4 is 28.9 Å². The van der Waals surface area contributed by atoms with Gasteiger partial charge in [0.15, 0.2) is 12.2 Å². The van der Waals surface area contributed by atoms with E-state index in [-0.39, 0.29) is 31.6 Å². The van der Waals surface area contributed by atoms with Crippen molar-refractivity contribution in [3.8, 4) is 5.75 Å². The van der Waals surface area contributed by atoms with E-state index in [0.29, 0.717) is 53.5 Å². The number of aryl methyl sites for hydroxylation is 1. The maximum Gasteiger partial charge on any atom is 0.269 e. The summed E-state index contributed by atoms with van der Waals surface area (Å²) in [6.07, 6.45) is 3.58. The normalized spacial score (nSPS) is 24.8. The van der Waals surface area contributed by atoms with Gasteiger partial charge in [0.05, 0.1) is 23.2 Å². The molecule has 3 aliphatic heterocycles. The van der Waals surface area contributed by atoms with Crippen LogP contribution >= 0.6 is 0 Å². The highest BCUT2D eigenvalue weighted by molar-refractivity contribution is 6.10. The summed E-state index contributed by atoms with van der Waals surface area (Å²) in [5.74, 6) is -1.09. The fraction of sp³-hybridized carbons (Fsp3) is 0.438. The molecule has 1 saturated heterocycles. The molecule has 2 aromatic carbocycles. The Balaban J connectivity index is 1.42. The Morgan fingerprint density at radius 1 is 1.21 bits per heavy atom. The number of anilines is 3. The van der Waals surface area contributed by atoms with E-state index < -0.39 is 29.2 Å². The van der Waals surface area contributed by atoms with E-state index in [1.807, 2.05) is 49.4 Å². The van der Waals surface area contributed by atoms with Crippen molar-refractivity contribution in [3.05, 3.63) is 72.6 Å². The Bertz CT molecular complexity index is 1570. The summed E-state index contributed by atoms with van der Waals surface area (Å²) >= 11 is 0. The lowest BCUT2D eigenvalue weighted by atomic mass is 9.71. The van der Waals surface area contributed by atoms with Crippen molar-refractivity contribution in [2.45, 2.75) is 57.5 Å². The van der Waals surface area contributed by atoms with Crippen molar-refractivity contribution in [1.82, 2.24) is 15.0 Å². The minimum Gasteiger partial charge on any atom is -0.482 e. The summed E-state index contributed by atoms with van der Waals surface area (Å²) in [6.45, 7) is 9.28. The number of halogens is 1. The smallest absolute Gasteiger partial charge is 0.269 e. The lowest BCUT2D eigenvalue weighted by Gasteiger charge is -2.33. The zero-order valence-electron chi connectivity index (χ0n) is 24.6. The van der Waals surface area contributed by atoms with Gasteiger partial charge in [0, 0.05) is 55.4 Å². The van der Waals surface area contributed by atoms with Gasteiger partial charge in [0.25, 0.3) is 11.8 Å². The van der Waals surface area contributed by atoms with Crippen molar-refractivity contribution < 1.29 is 28.6 Å². The highest BCUT2D eigenvalue weighted by Crippen LogP contribution is 2.59. The topological polar surface area (TPSA) is 110 Å². The second-order valence-electron chi connectivity index (χ2n) is 11.9. The molecular formula is C32H36FN5O5. The maximum atomic E-state index is 16.0. The van der Waals surface area contributed by atoms with Gasteiger partial charge in [0.1, 0.15) is 11.4 Å². The highest BCUT2D eigenvalue weighted by Gasteiger charge is 2.66. The summed E-state index contributed by atoms with van der Waals surface area (Å²) in [5.41, 5.74) is -0.0445. The van der Waals surface area contributed by atoms with Crippen LogP contribution in [0.15, 0.2) is 61.3 Å². The number of fused-ring (bicyclic) bond motifs is 3. The number of carbonyl (C=O) groups excluding carboxylic acids is 2.